The Morgan fingerprint density at radius 1 is 1.24 bits per heavy atom. The van der Waals surface area contributed by atoms with Crippen LogP contribution in [0.2, 0.25) is 0 Å². The molecule has 2 rings (SSSR count). The summed E-state index contributed by atoms with van der Waals surface area (Å²) in [6.07, 6.45) is 1.43. The average molecular weight is 287 g/mol. The van der Waals surface area contributed by atoms with Gasteiger partial charge in [-0.05, 0) is 25.1 Å². The molecule has 1 heterocycles. The third-order valence-corrected chi connectivity index (χ3v) is 3.18. The topological polar surface area (TPSA) is 75.4 Å². The fourth-order valence-electron chi connectivity index (χ4n) is 2.00. The second kappa shape index (κ2) is 6.21. The Kier molecular flexibility index (Phi) is 4.37. The number of aliphatic carboxylic acids is 1. The normalized spacial score (nSPS) is 10.4. The molecular formula is C15H17N3O3. The summed E-state index contributed by atoms with van der Waals surface area (Å²) in [6.45, 7) is 2.07. The van der Waals surface area contributed by atoms with Crippen LogP contribution >= 0.6 is 0 Å². The molecule has 6 nitrogen and oxygen atoms in total. The van der Waals surface area contributed by atoms with Crippen molar-refractivity contribution in [2.24, 2.45) is 7.05 Å². The van der Waals surface area contributed by atoms with Crippen molar-refractivity contribution in [3.8, 4) is 0 Å². The molecule has 0 atom stereocenters. The molecule has 0 saturated carbocycles. The molecule has 6 heteroatoms. The highest BCUT2D eigenvalue weighted by molar-refractivity contribution is 6.05. The van der Waals surface area contributed by atoms with Crippen molar-refractivity contribution >= 4 is 17.6 Å². The van der Waals surface area contributed by atoms with E-state index < -0.39 is 5.97 Å². The van der Waals surface area contributed by atoms with E-state index in [0.717, 1.165) is 5.56 Å². The quantitative estimate of drug-likeness (QED) is 0.910. The van der Waals surface area contributed by atoms with Crippen LogP contribution in [0.1, 0.15) is 22.5 Å². The Balaban J connectivity index is 2.31. The van der Waals surface area contributed by atoms with E-state index in [2.05, 4.69) is 5.10 Å². The fourth-order valence-corrected chi connectivity index (χ4v) is 2.00. The zero-order chi connectivity index (χ0) is 15.4. The predicted molar refractivity (Wildman–Crippen MR) is 78.3 cm³/mol. The summed E-state index contributed by atoms with van der Waals surface area (Å²) in [5.74, 6) is -1.20. The molecule has 0 fully saturated rings. The summed E-state index contributed by atoms with van der Waals surface area (Å²) in [6, 6.07) is 9.01. The average Bonchev–Trinajstić information content (AvgIpc) is 2.86. The van der Waals surface area contributed by atoms with Crippen LogP contribution in [0.5, 0.6) is 0 Å². The number of aryl methyl sites for hydroxylation is 2. The highest BCUT2D eigenvalue weighted by Crippen LogP contribution is 2.18. The van der Waals surface area contributed by atoms with Gasteiger partial charge in [-0.2, -0.15) is 5.10 Å². The van der Waals surface area contributed by atoms with Gasteiger partial charge in [-0.15, -0.1) is 0 Å². The highest BCUT2D eigenvalue weighted by Gasteiger charge is 2.21. The fraction of sp³-hybridized carbons (Fsp3) is 0.267. The van der Waals surface area contributed by atoms with E-state index in [0.29, 0.717) is 11.4 Å². The SMILES string of the molecule is Cc1ccc(N(CCC(=O)O)C(=O)c2ccnn2C)cc1. The van der Waals surface area contributed by atoms with Crippen LogP contribution in [0.15, 0.2) is 36.5 Å². The van der Waals surface area contributed by atoms with Gasteiger partial charge >= 0.3 is 5.97 Å². The molecule has 1 aromatic heterocycles. The number of rotatable bonds is 5. The van der Waals surface area contributed by atoms with Crippen molar-refractivity contribution in [3.05, 3.63) is 47.8 Å². The van der Waals surface area contributed by atoms with Crippen molar-refractivity contribution in [3.63, 3.8) is 0 Å². The minimum absolute atomic E-state index is 0.113. The maximum atomic E-state index is 12.6. The van der Waals surface area contributed by atoms with Gasteiger partial charge in [0.2, 0.25) is 0 Å². The summed E-state index contributed by atoms with van der Waals surface area (Å²) in [7, 11) is 1.68. The first kappa shape index (κ1) is 14.8. The second-order valence-electron chi connectivity index (χ2n) is 4.78. The highest BCUT2D eigenvalue weighted by atomic mass is 16.4. The van der Waals surface area contributed by atoms with Crippen molar-refractivity contribution in [2.45, 2.75) is 13.3 Å². The van der Waals surface area contributed by atoms with Gasteiger partial charge in [0.1, 0.15) is 5.69 Å². The van der Waals surface area contributed by atoms with Gasteiger partial charge in [-0.25, -0.2) is 0 Å². The molecule has 0 radical (unpaired) electrons. The van der Waals surface area contributed by atoms with Crippen LogP contribution in [0, 0.1) is 6.92 Å². The Hall–Kier alpha value is -2.63. The minimum atomic E-state index is -0.940. The number of amides is 1. The summed E-state index contributed by atoms with van der Waals surface area (Å²) in [5.41, 5.74) is 2.17. The lowest BCUT2D eigenvalue weighted by Crippen LogP contribution is -2.34. The zero-order valence-electron chi connectivity index (χ0n) is 12.0. The van der Waals surface area contributed by atoms with Crippen LogP contribution in [0.4, 0.5) is 5.69 Å². The first-order valence-corrected chi connectivity index (χ1v) is 6.57. The van der Waals surface area contributed by atoms with E-state index in [4.69, 9.17) is 5.11 Å². The number of anilines is 1. The third kappa shape index (κ3) is 3.47. The number of hydrogen-bond donors (Lipinski definition) is 1. The number of hydrogen-bond acceptors (Lipinski definition) is 3. The first-order chi connectivity index (χ1) is 9.99. The van der Waals surface area contributed by atoms with Gasteiger partial charge in [0.25, 0.3) is 5.91 Å². The molecular weight excluding hydrogens is 270 g/mol. The zero-order valence-corrected chi connectivity index (χ0v) is 12.0. The number of nitrogens with zero attached hydrogens (tertiary/aromatic N) is 3. The monoisotopic (exact) mass is 287 g/mol. The summed E-state index contributed by atoms with van der Waals surface area (Å²) in [5, 5.41) is 12.8. The Labute approximate surface area is 122 Å². The molecule has 21 heavy (non-hydrogen) atoms. The Morgan fingerprint density at radius 2 is 1.90 bits per heavy atom. The summed E-state index contributed by atoms with van der Waals surface area (Å²) in [4.78, 5) is 24.9. The van der Waals surface area contributed by atoms with Crippen molar-refractivity contribution in [1.82, 2.24) is 9.78 Å². The lowest BCUT2D eigenvalue weighted by molar-refractivity contribution is -0.136. The molecule has 2 aromatic rings. The number of carboxylic acids is 1. The summed E-state index contributed by atoms with van der Waals surface area (Å²) >= 11 is 0. The molecule has 1 aromatic carbocycles. The molecule has 0 aliphatic carbocycles. The van der Waals surface area contributed by atoms with Gasteiger partial charge in [0.05, 0.1) is 6.42 Å². The summed E-state index contributed by atoms with van der Waals surface area (Å²) < 4.78 is 1.48. The van der Waals surface area contributed by atoms with Crippen LogP contribution in [0.3, 0.4) is 0 Å². The lowest BCUT2D eigenvalue weighted by atomic mass is 10.2. The van der Waals surface area contributed by atoms with Crippen LogP contribution in [-0.2, 0) is 11.8 Å². The van der Waals surface area contributed by atoms with Crippen LogP contribution < -0.4 is 4.90 Å². The maximum absolute atomic E-state index is 12.6. The van der Waals surface area contributed by atoms with E-state index in [-0.39, 0.29) is 18.9 Å². The van der Waals surface area contributed by atoms with E-state index >= 15 is 0 Å². The molecule has 1 N–H and O–H groups in total. The largest absolute Gasteiger partial charge is 0.481 e. The van der Waals surface area contributed by atoms with E-state index in [9.17, 15) is 9.59 Å². The van der Waals surface area contributed by atoms with Crippen molar-refractivity contribution in [2.75, 3.05) is 11.4 Å². The van der Waals surface area contributed by atoms with Gasteiger partial charge in [0.15, 0.2) is 0 Å². The molecule has 0 unspecified atom stereocenters. The van der Waals surface area contributed by atoms with E-state index in [1.165, 1.54) is 15.8 Å². The number of carbonyl (C=O) groups excluding carboxylic acids is 1. The molecule has 0 bridgehead atoms. The van der Waals surface area contributed by atoms with Crippen molar-refractivity contribution < 1.29 is 14.7 Å². The molecule has 0 saturated heterocycles. The minimum Gasteiger partial charge on any atom is -0.481 e. The smallest absolute Gasteiger partial charge is 0.305 e. The standard InChI is InChI=1S/C15H17N3O3/c1-11-3-5-12(6-4-11)18(10-8-14(19)20)15(21)13-7-9-16-17(13)2/h3-7,9H,8,10H2,1-2H3,(H,19,20). The molecule has 0 spiro atoms. The van der Waals surface area contributed by atoms with E-state index in [1.54, 1.807) is 13.1 Å². The van der Waals surface area contributed by atoms with Crippen molar-refractivity contribution in [1.29, 1.82) is 0 Å². The van der Waals surface area contributed by atoms with Gasteiger partial charge in [0, 0.05) is 25.5 Å². The van der Waals surface area contributed by atoms with Crippen LogP contribution in [0.25, 0.3) is 0 Å². The van der Waals surface area contributed by atoms with Gasteiger partial charge in [-0.1, -0.05) is 17.7 Å². The molecule has 0 aliphatic rings. The Bertz CT molecular complexity index is 646. The lowest BCUT2D eigenvalue weighted by Gasteiger charge is -2.22. The molecule has 110 valence electrons. The predicted octanol–water partition coefficient (Wildman–Crippen LogP) is 1.85. The van der Waals surface area contributed by atoms with E-state index in [1.807, 2.05) is 31.2 Å². The maximum Gasteiger partial charge on any atom is 0.305 e. The number of carboxylic acid groups (broad SMARTS) is 1. The first-order valence-electron chi connectivity index (χ1n) is 6.57. The third-order valence-electron chi connectivity index (χ3n) is 3.18. The number of benzene rings is 1. The van der Waals surface area contributed by atoms with Gasteiger partial charge < -0.3 is 10.0 Å². The Morgan fingerprint density at radius 3 is 2.43 bits per heavy atom. The molecule has 1 amide bonds. The second-order valence-corrected chi connectivity index (χ2v) is 4.78. The number of carbonyl (C=O) groups is 2. The van der Waals surface area contributed by atoms with Crippen LogP contribution in [-0.4, -0.2) is 33.3 Å². The van der Waals surface area contributed by atoms with Gasteiger partial charge in [-0.3, -0.25) is 14.3 Å². The molecule has 0 aliphatic heterocycles. The number of aromatic nitrogens is 2.